The van der Waals surface area contributed by atoms with E-state index < -0.39 is 5.60 Å². The van der Waals surface area contributed by atoms with Crippen LogP contribution < -0.4 is 5.73 Å². The monoisotopic (exact) mass is 244 g/mol. The lowest BCUT2D eigenvalue weighted by atomic mass is 9.99. The third kappa shape index (κ3) is 3.33. The molecule has 0 aromatic rings. The van der Waals surface area contributed by atoms with Crippen LogP contribution in [0, 0.1) is 0 Å². The van der Waals surface area contributed by atoms with Crippen LogP contribution in [0.5, 0.6) is 0 Å². The topological polar surface area (TPSA) is 64.8 Å². The molecule has 5 nitrogen and oxygen atoms in total. The van der Waals surface area contributed by atoms with E-state index in [2.05, 4.69) is 0 Å². The van der Waals surface area contributed by atoms with Gasteiger partial charge in [-0.05, 0) is 34.1 Å². The molecule has 1 aliphatic heterocycles. The van der Waals surface area contributed by atoms with E-state index >= 15 is 0 Å². The molecule has 0 aromatic heterocycles. The Morgan fingerprint density at radius 1 is 1.53 bits per heavy atom. The molecular weight excluding hydrogens is 220 g/mol. The summed E-state index contributed by atoms with van der Waals surface area (Å²) >= 11 is 0. The van der Waals surface area contributed by atoms with Gasteiger partial charge in [0.1, 0.15) is 5.60 Å². The maximum Gasteiger partial charge on any atom is 0.410 e. The van der Waals surface area contributed by atoms with E-state index in [1.165, 1.54) is 0 Å². The molecule has 0 unspecified atom stereocenters. The van der Waals surface area contributed by atoms with Crippen molar-refractivity contribution in [2.45, 2.75) is 51.4 Å². The molecule has 1 amide bonds. The van der Waals surface area contributed by atoms with Crippen molar-refractivity contribution in [3.63, 3.8) is 0 Å². The molecule has 0 aromatic carbocycles. The molecule has 1 aliphatic rings. The number of carbonyl (C=O) groups is 1. The number of ether oxygens (including phenoxy) is 2. The summed E-state index contributed by atoms with van der Waals surface area (Å²) in [5, 5.41) is 0. The van der Waals surface area contributed by atoms with Crippen LogP contribution in [0.3, 0.4) is 0 Å². The second-order valence-electron chi connectivity index (χ2n) is 5.85. The van der Waals surface area contributed by atoms with E-state index in [1.807, 2.05) is 27.7 Å². The predicted octanol–water partition coefficient (Wildman–Crippen LogP) is 1.36. The van der Waals surface area contributed by atoms with Crippen molar-refractivity contribution in [3.8, 4) is 0 Å². The maximum atomic E-state index is 12.1. The van der Waals surface area contributed by atoms with Crippen LogP contribution in [0.2, 0.25) is 0 Å². The number of nitrogens with two attached hydrogens (primary N) is 1. The third-order valence-electron chi connectivity index (χ3n) is 3.09. The molecule has 0 bridgehead atoms. The van der Waals surface area contributed by atoms with Crippen LogP contribution in [0.4, 0.5) is 4.79 Å². The quantitative estimate of drug-likeness (QED) is 0.796. The minimum atomic E-state index is -0.488. The van der Waals surface area contributed by atoms with Crippen LogP contribution in [0.25, 0.3) is 0 Å². The smallest absolute Gasteiger partial charge is 0.410 e. The van der Waals surface area contributed by atoms with Gasteiger partial charge in [0.25, 0.3) is 0 Å². The molecule has 0 spiro atoms. The van der Waals surface area contributed by atoms with E-state index in [4.69, 9.17) is 15.2 Å². The minimum Gasteiger partial charge on any atom is -0.444 e. The highest BCUT2D eigenvalue weighted by Crippen LogP contribution is 2.31. The van der Waals surface area contributed by atoms with Crippen molar-refractivity contribution in [1.82, 2.24) is 4.90 Å². The molecule has 2 atom stereocenters. The Labute approximate surface area is 103 Å². The van der Waals surface area contributed by atoms with Gasteiger partial charge in [-0.2, -0.15) is 0 Å². The Kier molecular flexibility index (Phi) is 4.04. The number of likely N-dealkylation sites (tertiary alicyclic amines) is 1. The third-order valence-corrected chi connectivity index (χ3v) is 3.09. The molecule has 100 valence electrons. The first-order chi connectivity index (χ1) is 7.72. The lowest BCUT2D eigenvalue weighted by molar-refractivity contribution is 0.0104. The number of hydrogen-bond acceptors (Lipinski definition) is 4. The predicted molar refractivity (Wildman–Crippen MR) is 65.8 cm³/mol. The zero-order valence-electron chi connectivity index (χ0n) is 11.4. The first-order valence-corrected chi connectivity index (χ1v) is 5.95. The average Bonchev–Trinajstić information content (AvgIpc) is 2.54. The summed E-state index contributed by atoms with van der Waals surface area (Å²) in [6, 6.07) is 0. The number of amides is 1. The number of hydrogen-bond donors (Lipinski definition) is 1. The van der Waals surface area contributed by atoms with Gasteiger partial charge < -0.3 is 15.2 Å². The average molecular weight is 244 g/mol. The normalized spacial score (nSPS) is 29.5. The number of methoxy groups -OCH3 is 1. The van der Waals surface area contributed by atoms with Crippen molar-refractivity contribution in [1.29, 1.82) is 0 Å². The van der Waals surface area contributed by atoms with Crippen molar-refractivity contribution in [2.24, 2.45) is 5.73 Å². The van der Waals surface area contributed by atoms with Crippen molar-refractivity contribution < 1.29 is 14.3 Å². The highest BCUT2D eigenvalue weighted by Gasteiger charge is 2.45. The van der Waals surface area contributed by atoms with Gasteiger partial charge in [0, 0.05) is 13.7 Å². The van der Waals surface area contributed by atoms with Gasteiger partial charge in [0.15, 0.2) is 0 Å². The summed E-state index contributed by atoms with van der Waals surface area (Å²) in [4.78, 5) is 13.8. The van der Waals surface area contributed by atoms with Crippen LogP contribution in [-0.4, -0.2) is 48.4 Å². The first kappa shape index (κ1) is 14.3. The summed E-state index contributed by atoms with van der Waals surface area (Å²) in [6.45, 7) is 8.48. The van der Waals surface area contributed by atoms with Gasteiger partial charge >= 0.3 is 6.09 Å². The SMILES string of the molecule is CO[C@H]1CN(C(=O)OC(C)(C)C)[C@@](C)(CN)C1. The molecule has 5 heteroatoms. The Bertz CT molecular complexity index is 288. The number of nitrogens with zero attached hydrogens (tertiary/aromatic N) is 1. The fraction of sp³-hybridized carbons (Fsp3) is 0.917. The fourth-order valence-corrected chi connectivity index (χ4v) is 2.05. The molecule has 1 heterocycles. The highest BCUT2D eigenvalue weighted by molar-refractivity contribution is 5.69. The van der Waals surface area contributed by atoms with Crippen molar-refractivity contribution >= 4 is 6.09 Å². The molecule has 2 N–H and O–H groups in total. The molecule has 0 saturated carbocycles. The lowest BCUT2D eigenvalue weighted by Crippen LogP contribution is -2.51. The molecular formula is C12H24N2O3. The molecule has 1 fully saturated rings. The van der Waals surface area contributed by atoms with Crippen LogP contribution >= 0.6 is 0 Å². The molecule has 17 heavy (non-hydrogen) atoms. The van der Waals surface area contributed by atoms with Crippen LogP contribution in [0.1, 0.15) is 34.1 Å². The van der Waals surface area contributed by atoms with Crippen molar-refractivity contribution in [2.75, 3.05) is 20.2 Å². The van der Waals surface area contributed by atoms with Gasteiger partial charge in [-0.1, -0.05) is 0 Å². The second kappa shape index (κ2) is 4.82. The Morgan fingerprint density at radius 3 is 2.53 bits per heavy atom. The first-order valence-electron chi connectivity index (χ1n) is 5.95. The van der Waals surface area contributed by atoms with Gasteiger partial charge in [0.05, 0.1) is 18.2 Å². The zero-order chi connectivity index (χ0) is 13.3. The van der Waals surface area contributed by atoms with Crippen LogP contribution in [0.15, 0.2) is 0 Å². The molecule has 1 saturated heterocycles. The lowest BCUT2D eigenvalue weighted by Gasteiger charge is -2.35. The van der Waals surface area contributed by atoms with E-state index in [9.17, 15) is 4.79 Å². The summed E-state index contributed by atoms with van der Waals surface area (Å²) < 4.78 is 10.7. The Hall–Kier alpha value is -0.810. The van der Waals surface area contributed by atoms with Crippen molar-refractivity contribution in [3.05, 3.63) is 0 Å². The number of rotatable bonds is 2. The fourth-order valence-electron chi connectivity index (χ4n) is 2.05. The Balaban J connectivity index is 2.77. The maximum absolute atomic E-state index is 12.1. The summed E-state index contributed by atoms with van der Waals surface area (Å²) in [5.41, 5.74) is 4.91. The molecule has 0 aliphatic carbocycles. The molecule has 0 radical (unpaired) electrons. The highest BCUT2D eigenvalue weighted by atomic mass is 16.6. The largest absolute Gasteiger partial charge is 0.444 e. The summed E-state index contributed by atoms with van der Waals surface area (Å²) in [5.74, 6) is 0. The van der Waals surface area contributed by atoms with E-state index in [0.29, 0.717) is 13.1 Å². The van der Waals surface area contributed by atoms with Gasteiger partial charge in [-0.3, -0.25) is 4.90 Å². The zero-order valence-corrected chi connectivity index (χ0v) is 11.4. The Morgan fingerprint density at radius 2 is 2.12 bits per heavy atom. The second-order valence-corrected chi connectivity index (χ2v) is 5.85. The summed E-state index contributed by atoms with van der Waals surface area (Å²) in [7, 11) is 1.65. The van der Waals surface area contributed by atoms with Gasteiger partial charge in [-0.15, -0.1) is 0 Å². The van der Waals surface area contributed by atoms with Gasteiger partial charge in [0.2, 0.25) is 0 Å². The van der Waals surface area contributed by atoms with E-state index in [1.54, 1.807) is 12.0 Å². The van der Waals surface area contributed by atoms with Crippen LogP contribution in [-0.2, 0) is 9.47 Å². The van der Waals surface area contributed by atoms with Gasteiger partial charge in [-0.25, -0.2) is 4.79 Å². The summed E-state index contributed by atoms with van der Waals surface area (Å²) in [6.07, 6.45) is 0.472. The van der Waals surface area contributed by atoms with E-state index in [0.717, 1.165) is 6.42 Å². The molecule has 1 rings (SSSR count). The standard InChI is InChI=1S/C12H24N2O3/c1-11(2,3)17-10(15)14-7-9(16-5)6-12(14,4)8-13/h9H,6-8,13H2,1-5H3/t9-,12-/m1/s1. The van der Waals surface area contributed by atoms with E-state index in [-0.39, 0.29) is 17.7 Å². The number of carbonyl (C=O) groups excluding carboxylic acids is 1. The minimum absolute atomic E-state index is 0.0380.